The summed E-state index contributed by atoms with van der Waals surface area (Å²) in [6, 6.07) is 0.385. The molecule has 2 heteroatoms. The van der Waals surface area contributed by atoms with Crippen LogP contribution in [0.1, 0.15) is 41.0 Å². The second-order valence-corrected chi connectivity index (χ2v) is 5.68. The van der Waals surface area contributed by atoms with E-state index in [1.54, 1.807) is 4.90 Å². The third kappa shape index (κ3) is 2.44. The molecule has 13 heavy (non-hydrogen) atoms. The maximum Gasteiger partial charge on any atom is 0.111 e. The molecule has 78 valence electrons. The highest BCUT2D eigenvalue weighted by Gasteiger charge is 2.39. The molecule has 1 aliphatic heterocycles. The van der Waals surface area contributed by atoms with E-state index in [0.717, 1.165) is 6.42 Å². The Kier molecular flexibility index (Phi) is 3.03. The van der Waals surface area contributed by atoms with Crippen LogP contribution in [-0.4, -0.2) is 29.3 Å². The van der Waals surface area contributed by atoms with E-state index in [1.807, 2.05) is 0 Å². The quantitative estimate of drug-likeness (QED) is 0.564. The van der Waals surface area contributed by atoms with Crippen LogP contribution in [0.4, 0.5) is 0 Å². The lowest BCUT2D eigenvalue weighted by atomic mass is 9.88. The molecule has 0 aromatic carbocycles. The van der Waals surface area contributed by atoms with Crippen LogP contribution in [0, 0.1) is 5.92 Å². The molecule has 1 aliphatic rings. The maximum atomic E-state index is 9.86. The Labute approximate surface area is 81.9 Å². The van der Waals surface area contributed by atoms with Gasteiger partial charge in [0.1, 0.15) is 12.1 Å². The molecule has 4 atom stereocenters. The summed E-state index contributed by atoms with van der Waals surface area (Å²) < 4.78 is 0. The first kappa shape index (κ1) is 11.0. The van der Waals surface area contributed by atoms with E-state index in [0.29, 0.717) is 12.0 Å². The number of nitrogens with one attached hydrogen (secondary N) is 1. The summed E-state index contributed by atoms with van der Waals surface area (Å²) in [5.41, 5.74) is 0.259. The van der Waals surface area contributed by atoms with E-state index < -0.39 is 0 Å². The average Bonchev–Trinajstić information content (AvgIpc) is 1.94. The Morgan fingerprint density at radius 1 is 1.23 bits per heavy atom. The highest BCUT2D eigenvalue weighted by atomic mass is 16.3. The zero-order chi connectivity index (χ0) is 10.2. The number of likely N-dealkylation sites (tertiary alicyclic amines) is 1. The van der Waals surface area contributed by atoms with Gasteiger partial charge in [-0.25, -0.2) is 0 Å². The van der Waals surface area contributed by atoms with Crippen molar-refractivity contribution in [3.8, 4) is 0 Å². The number of piperidine rings is 1. The normalized spacial score (nSPS) is 42.0. The van der Waals surface area contributed by atoms with Gasteiger partial charge in [0.05, 0.1) is 12.1 Å². The maximum absolute atomic E-state index is 9.86. The van der Waals surface area contributed by atoms with E-state index in [9.17, 15) is 5.11 Å². The third-order valence-electron chi connectivity index (χ3n) is 3.30. The van der Waals surface area contributed by atoms with Crippen LogP contribution in [0.2, 0.25) is 0 Å². The fourth-order valence-corrected chi connectivity index (χ4v) is 2.48. The van der Waals surface area contributed by atoms with Gasteiger partial charge in [0.25, 0.3) is 0 Å². The Morgan fingerprint density at radius 3 is 2.23 bits per heavy atom. The van der Waals surface area contributed by atoms with E-state index in [4.69, 9.17) is 0 Å². The molecular weight excluding hydrogens is 162 g/mol. The molecule has 0 bridgehead atoms. The Morgan fingerprint density at radius 2 is 1.77 bits per heavy atom. The second-order valence-electron chi connectivity index (χ2n) is 5.68. The van der Waals surface area contributed by atoms with E-state index >= 15 is 0 Å². The monoisotopic (exact) mass is 186 g/mol. The molecule has 0 aromatic rings. The Hall–Kier alpha value is -0.0800. The van der Waals surface area contributed by atoms with Gasteiger partial charge in [0.15, 0.2) is 0 Å². The van der Waals surface area contributed by atoms with Crippen LogP contribution in [-0.2, 0) is 0 Å². The number of quaternary nitrogens is 1. The molecule has 1 heterocycles. The van der Waals surface area contributed by atoms with E-state index in [-0.39, 0.29) is 11.6 Å². The highest BCUT2D eigenvalue weighted by molar-refractivity contribution is 4.74. The molecule has 0 aliphatic carbocycles. The average molecular weight is 186 g/mol. The van der Waals surface area contributed by atoms with Gasteiger partial charge >= 0.3 is 0 Å². The zero-order valence-electron chi connectivity index (χ0n) is 9.59. The first-order valence-electron chi connectivity index (χ1n) is 5.36. The summed E-state index contributed by atoms with van der Waals surface area (Å²) in [5.74, 6) is 0.653. The first-order valence-corrected chi connectivity index (χ1v) is 5.36. The van der Waals surface area contributed by atoms with Crippen molar-refractivity contribution in [2.24, 2.45) is 5.92 Å². The van der Waals surface area contributed by atoms with Gasteiger partial charge in [-0.15, -0.1) is 0 Å². The summed E-state index contributed by atoms with van der Waals surface area (Å²) in [5, 5.41) is 9.86. The molecular formula is C11H24NO+. The molecule has 1 unspecified atom stereocenters. The van der Waals surface area contributed by atoms with Crippen molar-refractivity contribution >= 4 is 0 Å². The molecule has 2 nitrogen and oxygen atoms in total. The van der Waals surface area contributed by atoms with Crippen molar-refractivity contribution < 1.29 is 10.0 Å². The van der Waals surface area contributed by atoms with E-state index in [1.165, 1.54) is 6.54 Å². The molecule has 1 saturated heterocycles. The Balaban J connectivity index is 2.72. The first-order chi connectivity index (χ1) is 5.82. The molecule has 0 spiro atoms. The minimum absolute atomic E-state index is 0.113. The molecule has 1 fully saturated rings. The van der Waals surface area contributed by atoms with Crippen LogP contribution in [0.3, 0.4) is 0 Å². The molecule has 0 amide bonds. The van der Waals surface area contributed by atoms with Gasteiger partial charge < -0.3 is 10.0 Å². The fraction of sp³-hybridized carbons (Fsp3) is 1.00. The van der Waals surface area contributed by atoms with Crippen LogP contribution in [0.15, 0.2) is 0 Å². The van der Waals surface area contributed by atoms with Crippen LogP contribution >= 0.6 is 0 Å². The van der Waals surface area contributed by atoms with Gasteiger partial charge in [-0.05, 0) is 34.1 Å². The van der Waals surface area contributed by atoms with Gasteiger partial charge in [-0.3, -0.25) is 0 Å². The zero-order valence-corrected chi connectivity index (χ0v) is 9.59. The highest BCUT2D eigenvalue weighted by Crippen LogP contribution is 2.13. The smallest absolute Gasteiger partial charge is 0.111 e. The topological polar surface area (TPSA) is 24.7 Å². The van der Waals surface area contributed by atoms with Crippen LogP contribution < -0.4 is 4.90 Å². The summed E-state index contributed by atoms with van der Waals surface area (Å²) in [7, 11) is 0. The van der Waals surface area contributed by atoms with Gasteiger partial charge in [0.2, 0.25) is 0 Å². The number of aliphatic hydroxyl groups excluding tert-OH is 1. The minimum atomic E-state index is -0.113. The largest absolute Gasteiger partial charge is 0.387 e. The van der Waals surface area contributed by atoms with E-state index in [2.05, 4.69) is 34.6 Å². The molecule has 0 aromatic heterocycles. The van der Waals surface area contributed by atoms with Crippen molar-refractivity contribution in [3.05, 3.63) is 0 Å². The lowest BCUT2D eigenvalue weighted by molar-refractivity contribution is -0.979. The third-order valence-corrected chi connectivity index (χ3v) is 3.30. The van der Waals surface area contributed by atoms with Gasteiger partial charge in [0, 0.05) is 5.92 Å². The summed E-state index contributed by atoms with van der Waals surface area (Å²) >= 11 is 0. The second kappa shape index (κ2) is 3.58. The molecule has 0 saturated carbocycles. The number of aliphatic hydroxyl groups is 1. The predicted octanol–water partition coefficient (Wildman–Crippen LogP) is 0.459. The molecule has 2 N–H and O–H groups in total. The summed E-state index contributed by atoms with van der Waals surface area (Å²) in [4.78, 5) is 1.54. The molecule has 1 rings (SSSR count). The number of rotatable bonds is 0. The number of hydrogen-bond donors (Lipinski definition) is 2. The van der Waals surface area contributed by atoms with Crippen molar-refractivity contribution in [3.63, 3.8) is 0 Å². The van der Waals surface area contributed by atoms with Crippen molar-refractivity contribution in [1.29, 1.82) is 0 Å². The van der Waals surface area contributed by atoms with Crippen molar-refractivity contribution in [2.75, 3.05) is 6.54 Å². The van der Waals surface area contributed by atoms with Crippen LogP contribution in [0.5, 0.6) is 0 Å². The van der Waals surface area contributed by atoms with Crippen LogP contribution in [0.25, 0.3) is 0 Å². The van der Waals surface area contributed by atoms with Crippen molar-refractivity contribution in [2.45, 2.75) is 58.7 Å². The van der Waals surface area contributed by atoms with Crippen molar-refractivity contribution in [1.82, 2.24) is 0 Å². The fourth-order valence-electron chi connectivity index (χ4n) is 2.48. The summed E-state index contributed by atoms with van der Waals surface area (Å²) in [6.45, 7) is 12.4. The molecule has 0 radical (unpaired) electrons. The standard InChI is InChI=1S/C11H23NO/c1-8-6-10(13)9(2)12(7-8)11(3,4)5/h8-10,13H,6-7H2,1-5H3/p+1/t8-,9+,10-/m1/s1. The SMILES string of the molecule is C[C@@H]1C[C@@H](O)[C@H](C)[NH+](C(C)(C)C)C1. The predicted molar refractivity (Wildman–Crippen MR) is 54.8 cm³/mol. The van der Waals surface area contributed by atoms with Gasteiger partial charge in [-0.1, -0.05) is 6.92 Å². The lowest BCUT2D eigenvalue weighted by Crippen LogP contribution is -3.24. The summed E-state index contributed by atoms with van der Waals surface area (Å²) in [6.07, 6.45) is 0.860. The van der Waals surface area contributed by atoms with Gasteiger partial charge in [-0.2, -0.15) is 0 Å². The Bertz CT molecular complexity index is 173. The number of hydrogen-bond acceptors (Lipinski definition) is 1. The minimum Gasteiger partial charge on any atom is -0.387 e. The lowest BCUT2D eigenvalue weighted by Gasteiger charge is -2.44.